The predicted molar refractivity (Wildman–Crippen MR) is 239 cm³/mol. The molecule has 0 saturated carbocycles. The van der Waals surface area contributed by atoms with Crippen molar-refractivity contribution in [2.75, 3.05) is 5.32 Å². The molecule has 276 valence electrons. The minimum Gasteiger partial charge on any atom is -0.380 e. The van der Waals surface area contributed by atoms with Gasteiger partial charge in [0.2, 0.25) is 0 Å². The maximum absolute atomic E-state index is 4.41. The summed E-state index contributed by atoms with van der Waals surface area (Å²) in [5, 5.41) is 3.47. The van der Waals surface area contributed by atoms with Gasteiger partial charge in [-0.15, -0.1) is 0 Å². The standard InChI is InChI=1S/C16H14.2C15H13N.3C2H6/c1-2-6-14-11-12-16-8-4-3-7-15(16)10-9-13(14)5-1;1-2-7-14-11-16-15-8-4-3-6-13(15)10-9-12(14)5-1;1-2-5-13-9-10-15-14(6-3-11-16-15)8-7-12(13)4-1;3*1-2/h1-10H,11-12H2;1-10,16H,11H2;1-6,9-11H,7-8H2;3*1-2H3. The van der Waals surface area contributed by atoms with E-state index in [0.717, 1.165) is 37.9 Å². The van der Waals surface area contributed by atoms with Crippen LogP contribution in [0, 0.1) is 0 Å². The maximum atomic E-state index is 4.41. The van der Waals surface area contributed by atoms with Crippen LogP contribution in [-0.2, 0) is 32.2 Å². The third-order valence-corrected chi connectivity index (χ3v) is 9.21. The van der Waals surface area contributed by atoms with E-state index in [1.165, 1.54) is 61.3 Å². The third kappa shape index (κ3) is 11.6. The number of pyridine rings is 1. The summed E-state index contributed by atoms with van der Waals surface area (Å²) in [6.45, 7) is 12.9. The maximum Gasteiger partial charge on any atom is 0.0661 e. The molecule has 0 atom stereocenters. The summed E-state index contributed by atoms with van der Waals surface area (Å²) < 4.78 is 0. The number of nitrogens with one attached hydrogen (secondary N) is 1. The van der Waals surface area contributed by atoms with E-state index >= 15 is 0 Å². The second kappa shape index (κ2) is 23.0. The number of hydrogen-bond acceptors (Lipinski definition) is 2. The quantitative estimate of drug-likeness (QED) is 0.170. The molecule has 0 saturated heterocycles. The largest absolute Gasteiger partial charge is 0.380 e. The summed E-state index contributed by atoms with van der Waals surface area (Å²) in [6, 6.07) is 46.9. The van der Waals surface area contributed by atoms with E-state index in [1.807, 2.05) is 53.8 Å². The van der Waals surface area contributed by atoms with Gasteiger partial charge in [0, 0.05) is 18.4 Å². The molecular weight excluding hydrogens is 653 g/mol. The second-order valence-electron chi connectivity index (χ2n) is 12.3. The highest BCUT2D eigenvalue weighted by Crippen LogP contribution is 2.25. The topological polar surface area (TPSA) is 24.9 Å². The Balaban J connectivity index is 0.000000169. The normalized spacial score (nSPS) is 12.2. The summed E-state index contributed by atoms with van der Waals surface area (Å²) in [5.41, 5.74) is 15.9. The van der Waals surface area contributed by atoms with E-state index in [4.69, 9.17) is 0 Å². The van der Waals surface area contributed by atoms with Crippen molar-refractivity contribution in [3.63, 3.8) is 0 Å². The van der Waals surface area contributed by atoms with Gasteiger partial charge in [-0.3, -0.25) is 4.98 Å². The van der Waals surface area contributed by atoms with Gasteiger partial charge in [-0.25, -0.2) is 0 Å². The van der Waals surface area contributed by atoms with Gasteiger partial charge in [0.25, 0.3) is 0 Å². The number of nitrogens with zero attached hydrogens (tertiary/aromatic N) is 1. The zero-order valence-electron chi connectivity index (χ0n) is 33.2. The molecule has 9 rings (SSSR count). The average Bonchev–Trinajstić information content (AvgIpc) is 3.23. The highest BCUT2D eigenvalue weighted by molar-refractivity contribution is 5.79. The number of anilines is 1. The van der Waals surface area contributed by atoms with Crippen LogP contribution in [0.5, 0.6) is 0 Å². The first-order chi connectivity index (χ1) is 26.8. The van der Waals surface area contributed by atoms with Gasteiger partial charge in [-0.2, -0.15) is 0 Å². The number of hydrogen-bond donors (Lipinski definition) is 1. The molecular formula is C52H58N2. The number of fused-ring (bicyclic) bond motifs is 6. The van der Waals surface area contributed by atoms with Crippen LogP contribution in [-0.4, -0.2) is 4.98 Å². The number of aromatic nitrogens is 1. The van der Waals surface area contributed by atoms with E-state index in [0.29, 0.717) is 0 Å². The Morgan fingerprint density at radius 3 is 1.22 bits per heavy atom. The van der Waals surface area contributed by atoms with Crippen molar-refractivity contribution >= 4 is 42.1 Å². The Labute approximate surface area is 326 Å². The molecule has 0 bridgehead atoms. The van der Waals surface area contributed by atoms with Crippen molar-refractivity contribution in [3.05, 3.63) is 201 Å². The van der Waals surface area contributed by atoms with Crippen LogP contribution in [0.25, 0.3) is 36.5 Å². The van der Waals surface area contributed by atoms with Crippen LogP contribution in [0.4, 0.5) is 5.69 Å². The molecule has 0 spiro atoms. The Hall–Kier alpha value is -5.73. The zero-order valence-corrected chi connectivity index (χ0v) is 33.2. The Morgan fingerprint density at radius 2 is 0.704 bits per heavy atom. The van der Waals surface area contributed by atoms with Gasteiger partial charge in [0.05, 0.1) is 5.69 Å². The lowest BCUT2D eigenvalue weighted by molar-refractivity contribution is 0.940. The van der Waals surface area contributed by atoms with Crippen molar-refractivity contribution < 1.29 is 0 Å². The lowest BCUT2D eigenvalue weighted by Gasteiger charge is -2.14. The van der Waals surface area contributed by atoms with Crippen molar-refractivity contribution in [2.24, 2.45) is 0 Å². The van der Waals surface area contributed by atoms with Gasteiger partial charge in [0.15, 0.2) is 0 Å². The summed E-state index contributed by atoms with van der Waals surface area (Å²) in [6.07, 6.45) is 19.4. The van der Waals surface area contributed by atoms with Crippen LogP contribution in [0.1, 0.15) is 103 Å². The zero-order chi connectivity index (χ0) is 38.4. The molecule has 5 aromatic carbocycles. The smallest absolute Gasteiger partial charge is 0.0661 e. The molecule has 2 heteroatoms. The van der Waals surface area contributed by atoms with E-state index in [2.05, 4.69) is 174 Å². The Morgan fingerprint density at radius 1 is 0.352 bits per heavy atom. The number of rotatable bonds is 0. The fraction of sp³-hybridized carbons (Fsp3) is 0.212. The fourth-order valence-corrected chi connectivity index (χ4v) is 6.50. The Kier molecular flexibility index (Phi) is 17.5. The van der Waals surface area contributed by atoms with Crippen LogP contribution in [0.2, 0.25) is 0 Å². The first-order valence-corrected chi connectivity index (χ1v) is 19.9. The molecule has 0 radical (unpaired) electrons. The third-order valence-electron chi connectivity index (χ3n) is 9.21. The molecule has 54 heavy (non-hydrogen) atoms. The molecule has 0 amide bonds. The summed E-state index contributed by atoms with van der Waals surface area (Å²) in [5.74, 6) is 0. The number of benzene rings is 5. The molecule has 2 heterocycles. The molecule has 1 aromatic heterocycles. The van der Waals surface area contributed by atoms with Crippen LogP contribution in [0.15, 0.2) is 140 Å². The molecule has 1 N–H and O–H groups in total. The average molecular weight is 711 g/mol. The molecule has 1 aliphatic heterocycles. The van der Waals surface area contributed by atoms with Gasteiger partial charge < -0.3 is 5.32 Å². The van der Waals surface area contributed by atoms with E-state index in [-0.39, 0.29) is 0 Å². The minimum atomic E-state index is 0.886. The SMILES string of the molecule is C1=Cc2ccccc2CCc2ccccc21.C1=Cc2ccccc2NCc2ccccc21.C1=Cc2ncccc2CCc2ccccc21.CC.CC.CC. The van der Waals surface area contributed by atoms with Crippen molar-refractivity contribution in [3.8, 4) is 0 Å². The van der Waals surface area contributed by atoms with Crippen molar-refractivity contribution in [1.29, 1.82) is 0 Å². The lowest BCUT2D eigenvalue weighted by Crippen LogP contribution is -2.03. The first kappa shape index (κ1) is 41.0. The molecule has 3 aliphatic rings. The molecule has 6 aromatic rings. The molecule has 2 aliphatic carbocycles. The summed E-state index contributed by atoms with van der Waals surface area (Å²) >= 11 is 0. The molecule has 0 fully saturated rings. The fourth-order valence-electron chi connectivity index (χ4n) is 6.50. The van der Waals surface area contributed by atoms with Crippen LogP contribution in [0.3, 0.4) is 0 Å². The predicted octanol–water partition coefficient (Wildman–Crippen LogP) is 14.2. The second-order valence-corrected chi connectivity index (χ2v) is 12.3. The lowest BCUT2D eigenvalue weighted by atomic mass is 9.93. The molecule has 2 nitrogen and oxygen atoms in total. The van der Waals surface area contributed by atoms with Gasteiger partial charge in [0.1, 0.15) is 0 Å². The van der Waals surface area contributed by atoms with Gasteiger partial charge >= 0.3 is 0 Å². The summed E-state index contributed by atoms with van der Waals surface area (Å²) in [7, 11) is 0. The monoisotopic (exact) mass is 710 g/mol. The minimum absolute atomic E-state index is 0.886. The van der Waals surface area contributed by atoms with Crippen molar-refractivity contribution in [2.45, 2.75) is 73.8 Å². The highest BCUT2D eigenvalue weighted by Gasteiger charge is 2.08. The van der Waals surface area contributed by atoms with Gasteiger partial charge in [-0.1, -0.05) is 193 Å². The molecule has 0 unspecified atom stereocenters. The van der Waals surface area contributed by atoms with E-state index < -0.39 is 0 Å². The highest BCUT2D eigenvalue weighted by atomic mass is 14.9. The van der Waals surface area contributed by atoms with Crippen LogP contribution < -0.4 is 5.32 Å². The van der Waals surface area contributed by atoms with Gasteiger partial charge in [-0.05, 0) is 99.5 Å². The van der Waals surface area contributed by atoms with E-state index in [1.54, 1.807) is 0 Å². The van der Waals surface area contributed by atoms with Crippen molar-refractivity contribution in [1.82, 2.24) is 4.98 Å². The van der Waals surface area contributed by atoms with Crippen LogP contribution >= 0.6 is 0 Å². The summed E-state index contributed by atoms with van der Waals surface area (Å²) in [4.78, 5) is 4.41. The Bertz CT molecular complexity index is 1710. The van der Waals surface area contributed by atoms with E-state index in [9.17, 15) is 0 Å². The first-order valence-electron chi connectivity index (χ1n) is 19.9. The number of para-hydroxylation sites is 1. The number of aryl methyl sites for hydroxylation is 4.